The smallest absolute Gasteiger partial charge is 0.127 e. The SMILES string of the molecule is Cn1ncc2ccc(-c3cncc4c3COCC4NCC3(C=O)CC3)cc21. The maximum atomic E-state index is 11.3. The third-order valence-corrected chi connectivity index (χ3v) is 5.90. The zero-order chi connectivity index (χ0) is 18.4. The van der Waals surface area contributed by atoms with Gasteiger partial charge in [0.2, 0.25) is 0 Å². The number of carbonyl (C=O) groups excluding carboxylic acids is 1. The average Bonchev–Trinajstić information content (AvgIpc) is 3.41. The normalized spacial score (nSPS) is 20.4. The van der Waals surface area contributed by atoms with Gasteiger partial charge in [-0.2, -0.15) is 5.10 Å². The van der Waals surface area contributed by atoms with Crippen molar-refractivity contribution in [3.8, 4) is 11.1 Å². The molecule has 1 atom stereocenters. The summed E-state index contributed by atoms with van der Waals surface area (Å²) in [5.41, 5.74) is 5.49. The van der Waals surface area contributed by atoms with Crippen LogP contribution in [0.3, 0.4) is 0 Å². The van der Waals surface area contributed by atoms with Crippen molar-refractivity contribution >= 4 is 17.2 Å². The number of hydrogen-bond donors (Lipinski definition) is 1. The van der Waals surface area contributed by atoms with Crippen molar-refractivity contribution in [1.29, 1.82) is 0 Å². The van der Waals surface area contributed by atoms with E-state index >= 15 is 0 Å². The van der Waals surface area contributed by atoms with Gasteiger partial charge in [-0.25, -0.2) is 0 Å². The lowest BCUT2D eigenvalue weighted by Gasteiger charge is -2.29. The van der Waals surface area contributed by atoms with Crippen LogP contribution < -0.4 is 5.32 Å². The van der Waals surface area contributed by atoms with Crippen molar-refractivity contribution in [2.45, 2.75) is 25.5 Å². The number of nitrogens with one attached hydrogen (secondary N) is 1. The van der Waals surface area contributed by atoms with Crippen LogP contribution in [0.15, 0.2) is 36.8 Å². The van der Waals surface area contributed by atoms with Crippen LogP contribution >= 0.6 is 0 Å². The Morgan fingerprint density at radius 3 is 3.04 bits per heavy atom. The third-order valence-electron chi connectivity index (χ3n) is 5.90. The summed E-state index contributed by atoms with van der Waals surface area (Å²) in [5, 5.41) is 8.99. The van der Waals surface area contributed by atoms with Crippen molar-refractivity contribution in [1.82, 2.24) is 20.1 Å². The number of pyridine rings is 1. The number of aromatic nitrogens is 3. The van der Waals surface area contributed by atoms with Crippen LogP contribution in [0, 0.1) is 5.41 Å². The van der Waals surface area contributed by atoms with Crippen LogP contribution in [0.4, 0.5) is 0 Å². The molecular weight excluding hydrogens is 340 g/mol. The molecule has 0 radical (unpaired) electrons. The van der Waals surface area contributed by atoms with Gasteiger partial charge in [0.15, 0.2) is 0 Å². The molecule has 5 rings (SSSR count). The first-order valence-corrected chi connectivity index (χ1v) is 9.35. The second-order valence-corrected chi connectivity index (χ2v) is 7.73. The second-order valence-electron chi connectivity index (χ2n) is 7.73. The Morgan fingerprint density at radius 1 is 1.33 bits per heavy atom. The number of benzene rings is 1. The van der Waals surface area contributed by atoms with Crippen LogP contribution in [-0.4, -0.2) is 34.2 Å². The van der Waals surface area contributed by atoms with Crippen LogP contribution in [-0.2, 0) is 23.2 Å². The van der Waals surface area contributed by atoms with Gasteiger partial charge in [-0.15, -0.1) is 0 Å². The number of carbonyl (C=O) groups is 1. The molecule has 1 unspecified atom stereocenters. The number of ether oxygens (including phenoxy) is 1. The van der Waals surface area contributed by atoms with Crippen molar-refractivity contribution in [2.24, 2.45) is 12.5 Å². The highest BCUT2D eigenvalue weighted by Crippen LogP contribution is 2.43. The van der Waals surface area contributed by atoms with Crippen LogP contribution in [0.25, 0.3) is 22.0 Å². The summed E-state index contributed by atoms with van der Waals surface area (Å²) in [4.78, 5) is 15.8. The predicted octanol–water partition coefficient (Wildman–Crippen LogP) is 2.78. The summed E-state index contributed by atoms with van der Waals surface area (Å²) in [6, 6.07) is 6.43. The molecular formula is C21H22N4O2. The Kier molecular flexibility index (Phi) is 3.84. The van der Waals surface area contributed by atoms with Gasteiger partial charge in [-0.3, -0.25) is 9.67 Å². The monoisotopic (exact) mass is 362 g/mol. The number of aryl methyl sites for hydroxylation is 1. The molecule has 2 aliphatic rings. The zero-order valence-corrected chi connectivity index (χ0v) is 15.3. The average molecular weight is 362 g/mol. The van der Waals surface area contributed by atoms with Crippen molar-refractivity contribution in [2.75, 3.05) is 13.2 Å². The molecule has 1 saturated carbocycles. The molecule has 3 aromatic rings. The Labute approximate surface area is 157 Å². The molecule has 6 heteroatoms. The van der Waals surface area contributed by atoms with E-state index in [1.807, 2.05) is 30.3 Å². The fraction of sp³-hybridized carbons (Fsp3) is 0.381. The van der Waals surface area contributed by atoms with Gasteiger partial charge in [0.05, 0.1) is 31.0 Å². The van der Waals surface area contributed by atoms with E-state index in [1.54, 1.807) is 0 Å². The van der Waals surface area contributed by atoms with E-state index < -0.39 is 0 Å². The summed E-state index contributed by atoms with van der Waals surface area (Å²) in [6.07, 6.45) is 8.78. The second kappa shape index (κ2) is 6.25. The molecule has 1 aliphatic heterocycles. The number of rotatable bonds is 5. The first-order chi connectivity index (χ1) is 13.2. The van der Waals surface area contributed by atoms with Gasteiger partial charge >= 0.3 is 0 Å². The molecule has 3 heterocycles. The quantitative estimate of drug-likeness (QED) is 0.707. The molecule has 1 N–H and O–H groups in total. The van der Waals surface area contributed by atoms with E-state index in [2.05, 4.69) is 33.6 Å². The maximum Gasteiger partial charge on any atom is 0.127 e. The van der Waals surface area contributed by atoms with Crippen molar-refractivity contribution < 1.29 is 9.53 Å². The first kappa shape index (κ1) is 16.6. The predicted molar refractivity (Wildman–Crippen MR) is 102 cm³/mol. The van der Waals surface area contributed by atoms with Crippen LogP contribution in [0.1, 0.15) is 30.0 Å². The third kappa shape index (κ3) is 2.85. The summed E-state index contributed by atoms with van der Waals surface area (Å²) < 4.78 is 7.78. The van der Waals surface area contributed by atoms with E-state index in [0.29, 0.717) is 19.8 Å². The van der Waals surface area contributed by atoms with E-state index in [9.17, 15) is 4.79 Å². The van der Waals surface area contributed by atoms with Crippen molar-refractivity contribution in [3.05, 3.63) is 47.9 Å². The standard InChI is InChI=1S/C21H22N4O2/c1-25-20-6-14(2-3-15(20)7-24-25)16-8-22-9-17-18(16)10-27-11-19(17)23-12-21(13-26)4-5-21/h2-3,6-9,13,19,23H,4-5,10-12H2,1H3. The maximum absolute atomic E-state index is 11.3. The zero-order valence-electron chi connectivity index (χ0n) is 15.3. The van der Waals surface area contributed by atoms with Gasteiger partial charge in [-0.1, -0.05) is 12.1 Å². The Hall–Kier alpha value is -2.57. The molecule has 6 nitrogen and oxygen atoms in total. The summed E-state index contributed by atoms with van der Waals surface area (Å²) in [6.45, 7) is 1.89. The highest BCUT2D eigenvalue weighted by molar-refractivity contribution is 5.85. The highest BCUT2D eigenvalue weighted by Gasteiger charge is 2.42. The Morgan fingerprint density at radius 2 is 2.22 bits per heavy atom. The Bertz CT molecular complexity index is 1020. The molecule has 1 aromatic carbocycles. The molecule has 1 fully saturated rings. The summed E-state index contributed by atoms with van der Waals surface area (Å²) in [7, 11) is 1.95. The topological polar surface area (TPSA) is 69.0 Å². The fourth-order valence-electron chi connectivity index (χ4n) is 3.89. The van der Waals surface area contributed by atoms with Gasteiger partial charge in [0.25, 0.3) is 0 Å². The lowest BCUT2D eigenvalue weighted by molar-refractivity contribution is -0.112. The Balaban J connectivity index is 1.50. The van der Waals surface area contributed by atoms with E-state index in [-0.39, 0.29) is 11.5 Å². The van der Waals surface area contributed by atoms with Crippen LogP contribution in [0.5, 0.6) is 0 Å². The lowest BCUT2D eigenvalue weighted by Crippen LogP contribution is -2.34. The molecule has 27 heavy (non-hydrogen) atoms. The molecule has 138 valence electrons. The molecule has 0 saturated heterocycles. The summed E-state index contributed by atoms with van der Waals surface area (Å²) in [5.74, 6) is 0. The van der Waals surface area contributed by atoms with Gasteiger partial charge in [-0.05, 0) is 35.6 Å². The number of nitrogens with zero attached hydrogens (tertiary/aromatic N) is 3. The summed E-state index contributed by atoms with van der Waals surface area (Å²) >= 11 is 0. The number of fused-ring (bicyclic) bond motifs is 2. The van der Waals surface area contributed by atoms with E-state index in [0.717, 1.165) is 41.2 Å². The van der Waals surface area contributed by atoms with Gasteiger partial charge < -0.3 is 14.8 Å². The highest BCUT2D eigenvalue weighted by atomic mass is 16.5. The van der Waals surface area contributed by atoms with Gasteiger partial charge in [0, 0.05) is 42.4 Å². The molecule has 0 bridgehead atoms. The lowest BCUT2D eigenvalue weighted by atomic mass is 9.93. The van der Waals surface area contributed by atoms with E-state index in [1.165, 1.54) is 11.1 Å². The largest absolute Gasteiger partial charge is 0.375 e. The minimum Gasteiger partial charge on any atom is -0.375 e. The van der Waals surface area contributed by atoms with E-state index in [4.69, 9.17) is 4.74 Å². The molecule has 0 spiro atoms. The fourth-order valence-corrected chi connectivity index (χ4v) is 3.89. The number of hydrogen-bond acceptors (Lipinski definition) is 5. The van der Waals surface area contributed by atoms with Gasteiger partial charge in [0.1, 0.15) is 6.29 Å². The van der Waals surface area contributed by atoms with Crippen molar-refractivity contribution in [3.63, 3.8) is 0 Å². The molecule has 2 aromatic heterocycles. The molecule has 1 aliphatic carbocycles. The first-order valence-electron chi connectivity index (χ1n) is 9.35. The minimum atomic E-state index is -0.160. The number of aldehydes is 1. The van der Waals surface area contributed by atoms with Crippen LogP contribution in [0.2, 0.25) is 0 Å². The minimum absolute atomic E-state index is 0.0686. The molecule has 0 amide bonds.